The second-order valence-corrected chi connectivity index (χ2v) is 5.70. The molecule has 0 atom stereocenters. The molecule has 5 heteroatoms. The number of benzene rings is 1. The van der Waals surface area contributed by atoms with E-state index in [4.69, 9.17) is 4.55 Å². The van der Waals surface area contributed by atoms with Gasteiger partial charge in [-0.15, -0.1) is 0 Å². The standard InChI is InChI=1S/C12H19NO3S/c1-11-3-5-12(6-4-11)7-9-13-8-2-10-17(14,15)16/h3-6,13H,2,7-10H2,1H3,(H,14,15,16). The van der Waals surface area contributed by atoms with E-state index in [0.717, 1.165) is 13.0 Å². The minimum atomic E-state index is -3.81. The largest absolute Gasteiger partial charge is 0.316 e. The Morgan fingerprint density at radius 3 is 2.41 bits per heavy atom. The summed E-state index contributed by atoms with van der Waals surface area (Å²) in [6.45, 7) is 3.47. The van der Waals surface area contributed by atoms with Crippen molar-refractivity contribution in [1.29, 1.82) is 0 Å². The second-order valence-electron chi connectivity index (χ2n) is 4.13. The Morgan fingerprint density at radius 1 is 1.18 bits per heavy atom. The summed E-state index contributed by atoms with van der Waals surface area (Å²) in [5, 5.41) is 3.15. The second kappa shape index (κ2) is 6.74. The first-order valence-corrected chi connectivity index (χ1v) is 7.30. The van der Waals surface area contributed by atoms with Gasteiger partial charge in [0.2, 0.25) is 0 Å². The zero-order chi connectivity index (χ0) is 12.7. The minimum Gasteiger partial charge on any atom is -0.316 e. The summed E-state index contributed by atoms with van der Waals surface area (Å²) in [6, 6.07) is 8.34. The zero-order valence-corrected chi connectivity index (χ0v) is 10.8. The number of rotatable bonds is 7. The van der Waals surface area contributed by atoms with E-state index < -0.39 is 10.1 Å². The van der Waals surface area contributed by atoms with E-state index in [1.807, 2.05) is 0 Å². The third-order valence-corrected chi connectivity index (χ3v) is 3.27. The Balaban J connectivity index is 2.10. The van der Waals surface area contributed by atoms with Crippen molar-refractivity contribution in [2.24, 2.45) is 0 Å². The van der Waals surface area contributed by atoms with Gasteiger partial charge in [-0.05, 0) is 38.4 Å². The average Bonchev–Trinajstić information content (AvgIpc) is 2.24. The molecule has 0 amide bonds. The molecule has 0 fully saturated rings. The Morgan fingerprint density at radius 2 is 1.82 bits per heavy atom. The van der Waals surface area contributed by atoms with E-state index in [2.05, 4.69) is 36.5 Å². The SMILES string of the molecule is Cc1ccc(CCNCCCS(=O)(=O)O)cc1. The monoisotopic (exact) mass is 257 g/mol. The maximum absolute atomic E-state index is 10.4. The van der Waals surface area contributed by atoms with Crippen LogP contribution in [0.25, 0.3) is 0 Å². The first-order chi connectivity index (χ1) is 7.97. The smallest absolute Gasteiger partial charge is 0.264 e. The first-order valence-electron chi connectivity index (χ1n) is 5.69. The van der Waals surface area contributed by atoms with Crippen molar-refractivity contribution in [3.8, 4) is 0 Å². The summed E-state index contributed by atoms with van der Waals surface area (Å²) < 4.78 is 29.4. The molecular weight excluding hydrogens is 238 g/mol. The van der Waals surface area contributed by atoms with Crippen molar-refractivity contribution < 1.29 is 13.0 Å². The van der Waals surface area contributed by atoms with Crippen LogP contribution in [0.1, 0.15) is 17.5 Å². The van der Waals surface area contributed by atoms with Crippen LogP contribution in [0.4, 0.5) is 0 Å². The molecule has 0 spiro atoms. The molecule has 2 N–H and O–H groups in total. The van der Waals surface area contributed by atoms with Gasteiger partial charge in [-0.2, -0.15) is 8.42 Å². The van der Waals surface area contributed by atoms with Gasteiger partial charge in [0.05, 0.1) is 5.75 Å². The Labute approximate surface area is 103 Å². The maximum Gasteiger partial charge on any atom is 0.264 e. The van der Waals surface area contributed by atoms with E-state index in [0.29, 0.717) is 13.0 Å². The summed E-state index contributed by atoms with van der Waals surface area (Å²) >= 11 is 0. The highest BCUT2D eigenvalue weighted by molar-refractivity contribution is 7.85. The minimum absolute atomic E-state index is 0.176. The number of hydrogen-bond donors (Lipinski definition) is 2. The molecule has 96 valence electrons. The highest BCUT2D eigenvalue weighted by Crippen LogP contribution is 2.02. The molecule has 0 bridgehead atoms. The van der Waals surface area contributed by atoms with Gasteiger partial charge in [-0.25, -0.2) is 0 Å². The van der Waals surface area contributed by atoms with E-state index in [1.54, 1.807) is 0 Å². The predicted octanol–water partition coefficient (Wildman–Crippen LogP) is 1.41. The Bertz CT molecular complexity index is 426. The van der Waals surface area contributed by atoms with Crippen LogP contribution >= 0.6 is 0 Å². The normalized spacial score (nSPS) is 11.6. The molecular formula is C12H19NO3S. The molecule has 1 aromatic carbocycles. The van der Waals surface area contributed by atoms with Crippen molar-refractivity contribution in [3.05, 3.63) is 35.4 Å². The molecule has 0 aliphatic heterocycles. The highest BCUT2D eigenvalue weighted by atomic mass is 32.2. The van der Waals surface area contributed by atoms with Gasteiger partial charge in [0, 0.05) is 0 Å². The third-order valence-electron chi connectivity index (χ3n) is 2.47. The van der Waals surface area contributed by atoms with Crippen LogP contribution in [0.3, 0.4) is 0 Å². The van der Waals surface area contributed by atoms with Crippen molar-refractivity contribution in [2.75, 3.05) is 18.8 Å². The molecule has 0 radical (unpaired) electrons. The van der Waals surface area contributed by atoms with Crippen LogP contribution < -0.4 is 5.32 Å². The van der Waals surface area contributed by atoms with Gasteiger partial charge in [-0.3, -0.25) is 4.55 Å². The number of hydrogen-bond acceptors (Lipinski definition) is 3. The molecule has 1 rings (SSSR count). The zero-order valence-electron chi connectivity index (χ0n) is 10.0. The summed E-state index contributed by atoms with van der Waals surface area (Å²) in [6.07, 6.45) is 1.36. The quantitative estimate of drug-likeness (QED) is 0.572. The summed E-state index contributed by atoms with van der Waals surface area (Å²) in [5.74, 6) is -0.176. The van der Waals surface area contributed by atoms with Crippen LogP contribution in [-0.2, 0) is 16.5 Å². The van der Waals surface area contributed by atoms with Crippen LogP contribution in [-0.4, -0.2) is 31.8 Å². The van der Waals surface area contributed by atoms with Crippen molar-refractivity contribution in [1.82, 2.24) is 5.32 Å². The number of aryl methyl sites for hydroxylation is 1. The van der Waals surface area contributed by atoms with Gasteiger partial charge < -0.3 is 5.32 Å². The molecule has 17 heavy (non-hydrogen) atoms. The van der Waals surface area contributed by atoms with Crippen molar-refractivity contribution in [3.63, 3.8) is 0 Å². The predicted molar refractivity (Wildman–Crippen MR) is 68.8 cm³/mol. The maximum atomic E-state index is 10.4. The third kappa shape index (κ3) is 7.10. The summed E-state index contributed by atoms with van der Waals surface area (Å²) in [7, 11) is -3.81. The van der Waals surface area contributed by atoms with Gasteiger partial charge >= 0.3 is 0 Å². The molecule has 0 unspecified atom stereocenters. The van der Waals surface area contributed by atoms with E-state index in [-0.39, 0.29) is 5.75 Å². The summed E-state index contributed by atoms with van der Waals surface area (Å²) in [4.78, 5) is 0. The lowest BCUT2D eigenvalue weighted by atomic mass is 10.1. The van der Waals surface area contributed by atoms with Crippen molar-refractivity contribution >= 4 is 10.1 Å². The molecule has 0 aromatic heterocycles. The average molecular weight is 257 g/mol. The molecule has 1 aromatic rings. The molecule has 0 heterocycles. The van der Waals surface area contributed by atoms with Crippen LogP contribution in [0.2, 0.25) is 0 Å². The van der Waals surface area contributed by atoms with E-state index in [1.165, 1.54) is 11.1 Å². The van der Waals surface area contributed by atoms with Gasteiger partial charge in [-0.1, -0.05) is 29.8 Å². The van der Waals surface area contributed by atoms with E-state index in [9.17, 15) is 8.42 Å². The summed E-state index contributed by atoms with van der Waals surface area (Å²) in [5.41, 5.74) is 2.51. The first kappa shape index (κ1) is 14.2. The fraction of sp³-hybridized carbons (Fsp3) is 0.500. The lowest BCUT2D eigenvalue weighted by Gasteiger charge is -2.04. The van der Waals surface area contributed by atoms with Gasteiger partial charge in [0.15, 0.2) is 0 Å². The Hall–Kier alpha value is -0.910. The van der Waals surface area contributed by atoms with Crippen LogP contribution in [0, 0.1) is 6.92 Å². The molecule has 0 aliphatic carbocycles. The van der Waals surface area contributed by atoms with Gasteiger partial charge in [0.25, 0.3) is 10.1 Å². The fourth-order valence-corrected chi connectivity index (χ4v) is 2.00. The van der Waals surface area contributed by atoms with Crippen LogP contribution in [0.5, 0.6) is 0 Å². The lowest BCUT2D eigenvalue weighted by molar-refractivity contribution is 0.479. The molecule has 4 nitrogen and oxygen atoms in total. The molecule has 0 saturated carbocycles. The van der Waals surface area contributed by atoms with Crippen molar-refractivity contribution in [2.45, 2.75) is 19.8 Å². The Kier molecular flexibility index (Phi) is 5.61. The lowest BCUT2D eigenvalue weighted by Crippen LogP contribution is -2.20. The van der Waals surface area contributed by atoms with Gasteiger partial charge in [0.1, 0.15) is 0 Å². The van der Waals surface area contributed by atoms with Crippen LogP contribution in [0.15, 0.2) is 24.3 Å². The topological polar surface area (TPSA) is 66.4 Å². The van der Waals surface area contributed by atoms with E-state index >= 15 is 0 Å². The molecule has 0 aliphatic rings. The highest BCUT2D eigenvalue weighted by Gasteiger charge is 2.02. The fourth-order valence-electron chi connectivity index (χ4n) is 1.49. The molecule has 0 saturated heterocycles. The number of nitrogens with one attached hydrogen (secondary N) is 1.